The Labute approximate surface area is 192 Å². The van der Waals surface area contributed by atoms with Crippen molar-refractivity contribution in [1.29, 1.82) is 0 Å². The number of rotatable bonds is 8. The van der Waals surface area contributed by atoms with E-state index in [1.54, 1.807) is 0 Å². The Morgan fingerprint density at radius 2 is 1.94 bits per heavy atom. The van der Waals surface area contributed by atoms with E-state index in [-0.39, 0.29) is 24.7 Å². The zero-order valence-electron chi connectivity index (χ0n) is 18.9. The molecule has 3 atom stereocenters. The van der Waals surface area contributed by atoms with E-state index in [4.69, 9.17) is 5.11 Å². The van der Waals surface area contributed by atoms with Crippen LogP contribution >= 0.6 is 0 Å². The summed E-state index contributed by atoms with van der Waals surface area (Å²) in [5.74, 6) is -2.54. The quantitative estimate of drug-likeness (QED) is 0.522. The van der Waals surface area contributed by atoms with Gasteiger partial charge in [-0.25, -0.2) is 27.1 Å². The lowest BCUT2D eigenvalue weighted by Crippen LogP contribution is -2.29. The maximum atomic E-state index is 14.2. The molecule has 3 rings (SSSR count). The summed E-state index contributed by atoms with van der Waals surface area (Å²) in [7, 11) is -2.32. The van der Waals surface area contributed by atoms with Crippen LogP contribution in [0.25, 0.3) is 11.3 Å². The van der Waals surface area contributed by atoms with Crippen molar-refractivity contribution in [2.75, 3.05) is 17.6 Å². The highest BCUT2D eigenvalue weighted by atomic mass is 32.2. The molecule has 0 saturated carbocycles. The van der Waals surface area contributed by atoms with Crippen LogP contribution < -0.4 is 4.31 Å². The first-order chi connectivity index (χ1) is 15.3. The van der Waals surface area contributed by atoms with Crippen LogP contribution in [0.3, 0.4) is 0 Å². The van der Waals surface area contributed by atoms with Gasteiger partial charge in [-0.3, -0.25) is 4.79 Å². The van der Waals surface area contributed by atoms with Crippen LogP contribution in [0.5, 0.6) is 0 Å². The van der Waals surface area contributed by atoms with E-state index in [2.05, 4.69) is 9.97 Å². The zero-order chi connectivity index (χ0) is 24.7. The molecule has 33 heavy (non-hydrogen) atoms. The van der Waals surface area contributed by atoms with Gasteiger partial charge in [0.2, 0.25) is 16.0 Å². The number of carbonyl (C=O) groups is 1. The summed E-state index contributed by atoms with van der Waals surface area (Å²) in [5.41, 5.74) is 2.20. The van der Waals surface area contributed by atoms with Gasteiger partial charge in [-0.1, -0.05) is 13.8 Å². The smallest absolute Gasteiger partial charge is 0.305 e. The molecule has 180 valence electrons. The SMILES string of the molecule is CC(C)c1nc(N(C)S(C)(=O)=O)nc2c1[C@@H](O)[C@@H](CC[C@@H](O)CC(=O)O)c1cc(F)ccc1-2. The van der Waals surface area contributed by atoms with Crippen LogP contribution in [0.1, 0.15) is 67.9 Å². The van der Waals surface area contributed by atoms with E-state index >= 15 is 0 Å². The van der Waals surface area contributed by atoms with Crippen LogP contribution in [0.15, 0.2) is 18.2 Å². The Kier molecular flexibility index (Phi) is 7.06. The third-order valence-corrected chi connectivity index (χ3v) is 7.01. The number of nitrogens with zero attached hydrogens (tertiary/aromatic N) is 3. The predicted octanol–water partition coefficient (Wildman–Crippen LogP) is 2.55. The second kappa shape index (κ2) is 9.32. The zero-order valence-corrected chi connectivity index (χ0v) is 19.7. The molecule has 0 bridgehead atoms. The molecule has 0 radical (unpaired) electrons. The van der Waals surface area contributed by atoms with Gasteiger partial charge in [-0.2, -0.15) is 0 Å². The summed E-state index contributed by atoms with van der Waals surface area (Å²) in [6.07, 6.45) is -1.38. The number of benzene rings is 1. The third-order valence-electron chi connectivity index (χ3n) is 5.86. The van der Waals surface area contributed by atoms with Crippen LogP contribution in [-0.4, -0.2) is 59.1 Å². The number of fused-ring (bicyclic) bond motifs is 3. The van der Waals surface area contributed by atoms with Crippen LogP contribution in [0.2, 0.25) is 0 Å². The van der Waals surface area contributed by atoms with Crippen molar-refractivity contribution in [3.63, 3.8) is 0 Å². The van der Waals surface area contributed by atoms with Gasteiger partial charge in [-0.15, -0.1) is 0 Å². The minimum absolute atomic E-state index is 0.0576. The number of hydrogen-bond acceptors (Lipinski definition) is 7. The van der Waals surface area contributed by atoms with Gasteiger partial charge in [0, 0.05) is 24.1 Å². The molecule has 0 amide bonds. The number of anilines is 1. The van der Waals surface area contributed by atoms with Crippen molar-refractivity contribution in [1.82, 2.24) is 9.97 Å². The van der Waals surface area contributed by atoms with Crippen LogP contribution in [0, 0.1) is 5.82 Å². The molecule has 0 aliphatic heterocycles. The first kappa shape index (κ1) is 25.0. The normalized spacial score (nSPS) is 18.5. The fourth-order valence-corrected chi connectivity index (χ4v) is 4.50. The van der Waals surface area contributed by atoms with Crippen molar-refractivity contribution >= 4 is 21.9 Å². The molecule has 1 aliphatic carbocycles. The van der Waals surface area contributed by atoms with E-state index in [0.717, 1.165) is 10.6 Å². The van der Waals surface area contributed by atoms with Gasteiger partial charge in [0.15, 0.2) is 0 Å². The number of halogens is 1. The molecular formula is C22H28FN3O6S. The number of aliphatic hydroxyl groups excluding tert-OH is 2. The van der Waals surface area contributed by atoms with Crippen LogP contribution in [0.4, 0.5) is 10.3 Å². The van der Waals surface area contributed by atoms with Crippen molar-refractivity contribution in [3.05, 3.63) is 40.8 Å². The predicted molar refractivity (Wildman–Crippen MR) is 120 cm³/mol. The molecular weight excluding hydrogens is 453 g/mol. The Hall–Kier alpha value is -2.63. The topological polar surface area (TPSA) is 141 Å². The van der Waals surface area contributed by atoms with E-state index in [9.17, 15) is 27.8 Å². The van der Waals surface area contributed by atoms with Gasteiger partial charge < -0.3 is 15.3 Å². The summed E-state index contributed by atoms with van der Waals surface area (Å²) in [5, 5.41) is 30.3. The standard InChI is InChI=1S/C22H28FN3O6S/c1-11(2)19-18-20(25-22(24-19)26(3)33(4,31)32)14-7-5-12(23)9-16(14)15(21(18)30)8-6-13(27)10-17(28)29/h5,7,9,11,13,15,21,27,30H,6,8,10H2,1-4H3,(H,28,29)/t13-,15+,21+/m1/s1. The number of carboxylic acid groups (broad SMARTS) is 1. The Bertz CT molecular complexity index is 1170. The highest BCUT2D eigenvalue weighted by molar-refractivity contribution is 7.92. The fraction of sp³-hybridized carbons (Fsp3) is 0.500. The minimum atomic E-state index is -3.65. The molecule has 1 aliphatic rings. The molecule has 1 aromatic heterocycles. The van der Waals surface area contributed by atoms with Crippen molar-refractivity contribution in [2.24, 2.45) is 0 Å². The average molecular weight is 482 g/mol. The summed E-state index contributed by atoms with van der Waals surface area (Å²) in [6, 6.07) is 4.07. The van der Waals surface area contributed by atoms with E-state index in [1.807, 2.05) is 13.8 Å². The van der Waals surface area contributed by atoms with Crippen LogP contribution in [-0.2, 0) is 14.8 Å². The number of aliphatic hydroxyl groups is 2. The summed E-state index contributed by atoms with van der Waals surface area (Å²) in [4.78, 5) is 19.8. The molecule has 2 aromatic rings. The number of carboxylic acids is 1. The fourth-order valence-electron chi connectivity index (χ4n) is 4.12. The lowest BCUT2D eigenvalue weighted by Gasteiger charge is -2.34. The van der Waals surface area contributed by atoms with Crippen molar-refractivity contribution < 1.29 is 32.9 Å². The third kappa shape index (κ3) is 5.15. The molecule has 0 unspecified atom stereocenters. The maximum Gasteiger partial charge on any atom is 0.305 e. The van der Waals surface area contributed by atoms with Gasteiger partial charge >= 0.3 is 5.97 Å². The minimum Gasteiger partial charge on any atom is -0.481 e. The summed E-state index contributed by atoms with van der Waals surface area (Å²) >= 11 is 0. The summed E-state index contributed by atoms with van der Waals surface area (Å²) < 4.78 is 39.3. The number of hydrogen-bond donors (Lipinski definition) is 3. The molecule has 1 heterocycles. The first-order valence-corrected chi connectivity index (χ1v) is 12.4. The van der Waals surface area contributed by atoms with Crippen molar-refractivity contribution in [2.45, 2.75) is 57.2 Å². The second-order valence-electron chi connectivity index (χ2n) is 8.67. The maximum absolute atomic E-state index is 14.2. The van der Waals surface area contributed by atoms with E-state index < -0.39 is 46.4 Å². The van der Waals surface area contributed by atoms with Gasteiger partial charge in [0.25, 0.3) is 0 Å². The van der Waals surface area contributed by atoms with Gasteiger partial charge in [0.1, 0.15) is 5.82 Å². The molecule has 0 fully saturated rings. The lowest BCUT2D eigenvalue weighted by atomic mass is 9.75. The Balaban J connectivity index is 2.17. The average Bonchev–Trinajstić information content (AvgIpc) is 2.70. The molecule has 11 heteroatoms. The molecule has 0 spiro atoms. The monoisotopic (exact) mass is 481 g/mol. The Morgan fingerprint density at radius 1 is 1.27 bits per heavy atom. The molecule has 9 nitrogen and oxygen atoms in total. The number of aliphatic carboxylic acids is 1. The van der Waals surface area contributed by atoms with Crippen molar-refractivity contribution in [3.8, 4) is 11.3 Å². The summed E-state index contributed by atoms with van der Waals surface area (Å²) in [6.45, 7) is 3.71. The molecule has 1 aromatic carbocycles. The van der Waals surface area contributed by atoms with Gasteiger partial charge in [0.05, 0.1) is 36.3 Å². The molecule has 3 N–H and O–H groups in total. The molecule has 0 saturated heterocycles. The second-order valence-corrected chi connectivity index (χ2v) is 10.7. The number of sulfonamides is 1. The van der Waals surface area contributed by atoms with Gasteiger partial charge in [-0.05, 0) is 42.5 Å². The highest BCUT2D eigenvalue weighted by Crippen LogP contribution is 2.49. The largest absolute Gasteiger partial charge is 0.481 e. The highest BCUT2D eigenvalue weighted by Gasteiger charge is 2.38. The van der Waals surface area contributed by atoms with E-state index in [1.165, 1.54) is 25.2 Å². The van der Waals surface area contributed by atoms with E-state index in [0.29, 0.717) is 28.1 Å². The Morgan fingerprint density at radius 3 is 2.52 bits per heavy atom. The first-order valence-electron chi connectivity index (χ1n) is 10.5. The number of aromatic nitrogens is 2. The lowest BCUT2D eigenvalue weighted by molar-refractivity contribution is -0.139.